The van der Waals surface area contributed by atoms with Gasteiger partial charge >= 0.3 is 11.9 Å². The summed E-state index contributed by atoms with van der Waals surface area (Å²) in [7, 11) is 1.23. The van der Waals surface area contributed by atoms with Crippen molar-refractivity contribution in [1.82, 2.24) is 0 Å². The highest BCUT2D eigenvalue weighted by atomic mass is 16.5. The average molecular weight is 186 g/mol. The Morgan fingerprint density at radius 3 is 2.31 bits per heavy atom. The van der Waals surface area contributed by atoms with Gasteiger partial charge in [0, 0.05) is 5.57 Å². The van der Waals surface area contributed by atoms with Gasteiger partial charge in [-0.15, -0.1) is 0 Å². The van der Waals surface area contributed by atoms with Crippen LogP contribution in [0.15, 0.2) is 11.6 Å². The highest BCUT2D eigenvalue weighted by Crippen LogP contribution is 2.07. The van der Waals surface area contributed by atoms with Crippen molar-refractivity contribution >= 4 is 11.9 Å². The molecule has 0 aromatic heterocycles. The fraction of sp³-hybridized carbons (Fsp3) is 0.556. The summed E-state index contributed by atoms with van der Waals surface area (Å²) in [5.74, 6) is -1.50. The summed E-state index contributed by atoms with van der Waals surface area (Å²) in [5, 5.41) is 8.69. The molecule has 0 aromatic carbocycles. The maximum atomic E-state index is 10.8. The van der Waals surface area contributed by atoms with E-state index < -0.39 is 11.9 Å². The minimum atomic E-state index is -1.07. The fourth-order valence-electron chi connectivity index (χ4n) is 0.836. The van der Waals surface area contributed by atoms with Crippen molar-refractivity contribution in [2.75, 3.05) is 7.11 Å². The van der Waals surface area contributed by atoms with E-state index >= 15 is 0 Å². The summed E-state index contributed by atoms with van der Waals surface area (Å²) in [4.78, 5) is 21.4. The van der Waals surface area contributed by atoms with Crippen LogP contribution < -0.4 is 0 Å². The first-order valence-corrected chi connectivity index (χ1v) is 3.98. The third kappa shape index (κ3) is 5.00. The van der Waals surface area contributed by atoms with E-state index in [0.29, 0.717) is 0 Å². The Hall–Kier alpha value is -1.32. The van der Waals surface area contributed by atoms with Crippen LogP contribution in [0.4, 0.5) is 0 Å². The Labute approximate surface area is 77.2 Å². The molecule has 0 spiro atoms. The fourth-order valence-corrected chi connectivity index (χ4v) is 0.836. The van der Waals surface area contributed by atoms with Crippen molar-refractivity contribution in [3.05, 3.63) is 11.6 Å². The van der Waals surface area contributed by atoms with E-state index in [1.807, 2.05) is 13.8 Å². The lowest BCUT2D eigenvalue weighted by Gasteiger charge is -2.02. The van der Waals surface area contributed by atoms with Gasteiger partial charge in [-0.1, -0.05) is 19.9 Å². The van der Waals surface area contributed by atoms with Crippen LogP contribution in [0, 0.1) is 5.92 Å². The molecule has 4 heteroatoms. The van der Waals surface area contributed by atoms with Crippen LogP contribution >= 0.6 is 0 Å². The van der Waals surface area contributed by atoms with Crippen LogP contribution in [0.25, 0.3) is 0 Å². The molecule has 4 nitrogen and oxygen atoms in total. The minimum Gasteiger partial charge on any atom is -0.478 e. The van der Waals surface area contributed by atoms with Gasteiger partial charge in [-0.3, -0.25) is 4.79 Å². The smallest absolute Gasteiger partial charge is 0.331 e. The topological polar surface area (TPSA) is 63.6 Å². The molecular formula is C9H14O4. The van der Waals surface area contributed by atoms with Crippen LogP contribution in [0.1, 0.15) is 20.3 Å². The highest BCUT2D eigenvalue weighted by Gasteiger charge is 2.12. The number of carbonyl (C=O) groups excluding carboxylic acids is 1. The van der Waals surface area contributed by atoms with Crippen molar-refractivity contribution in [3.63, 3.8) is 0 Å². The van der Waals surface area contributed by atoms with Crippen molar-refractivity contribution in [2.45, 2.75) is 20.3 Å². The second-order valence-electron chi connectivity index (χ2n) is 2.99. The molecule has 0 aliphatic heterocycles. The molecular weight excluding hydrogens is 172 g/mol. The lowest BCUT2D eigenvalue weighted by Crippen LogP contribution is -2.09. The molecule has 0 saturated heterocycles. The molecule has 13 heavy (non-hydrogen) atoms. The van der Waals surface area contributed by atoms with E-state index in [9.17, 15) is 9.59 Å². The number of allylic oxidation sites excluding steroid dienone is 1. The summed E-state index contributed by atoms with van der Waals surface area (Å²) in [5.41, 5.74) is 0.0850. The molecule has 0 aliphatic carbocycles. The highest BCUT2D eigenvalue weighted by molar-refractivity contribution is 5.92. The largest absolute Gasteiger partial charge is 0.478 e. The number of rotatable bonds is 4. The molecule has 0 saturated carbocycles. The van der Waals surface area contributed by atoms with Gasteiger partial charge in [0.15, 0.2) is 0 Å². The number of carboxylic acid groups (broad SMARTS) is 1. The van der Waals surface area contributed by atoms with Crippen LogP contribution in [-0.4, -0.2) is 24.2 Å². The van der Waals surface area contributed by atoms with Gasteiger partial charge in [0.1, 0.15) is 0 Å². The van der Waals surface area contributed by atoms with E-state index in [4.69, 9.17) is 5.11 Å². The van der Waals surface area contributed by atoms with Gasteiger partial charge in [0.2, 0.25) is 0 Å². The zero-order chi connectivity index (χ0) is 10.4. The number of hydrogen-bond acceptors (Lipinski definition) is 3. The van der Waals surface area contributed by atoms with E-state index in [1.165, 1.54) is 7.11 Å². The van der Waals surface area contributed by atoms with Crippen LogP contribution in [0.2, 0.25) is 0 Å². The first kappa shape index (κ1) is 11.7. The maximum absolute atomic E-state index is 10.8. The third-order valence-electron chi connectivity index (χ3n) is 1.37. The number of carboxylic acids is 1. The SMILES string of the molecule is COC(=O)CC(=CC(C)C)C(=O)O. The molecule has 0 unspecified atom stereocenters. The molecule has 0 rings (SSSR count). The first-order chi connectivity index (χ1) is 5.97. The second kappa shape index (κ2) is 5.35. The predicted molar refractivity (Wildman–Crippen MR) is 47.2 cm³/mol. The molecule has 0 fully saturated rings. The lowest BCUT2D eigenvalue weighted by molar-refractivity contribution is -0.142. The summed E-state index contributed by atoms with van der Waals surface area (Å²) in [6, 6.07) is 0. The normalized spacial score (nSPS) is 11.5. The number of ether oxygens (including phenoxy) is 1. The number of hydrogen-bond donors (Lipinski definition) is 1. The van der Waals surface area contributed by atoms with Crippen molar-refractivity contribution in [2.24, 2.45) is 5.92 Å². The molecule has 0 bridgehead atoms. The number of carbonyl (C=O) groups is 2. The van der Waals surface area contributed by atoms with Gasteiger partial charge in [-0.05, 0) is 5.92 Å². The second-order valence-corrected chi connectivity index (χ2v) is 2.99. The zero-order valence-electron chi connectivity index (χ0n) is 8.03. The Balaban J connectivity index is 4.45. The molecule has 0 atom stereocenters. The Morgan fingerprint density at radius 2 is 2.00 bits per heavy atom. The standard InChI is InChI=1S/C9H14O4/c1-6(2)4-7(9(11)12)5-8(10)13-3/h4,6H,5H2,1-3H3,(H,11,12). The zero-order valence-corrected chi connectivity index (χ0v) is 8.03. The van der Waals surface area contributed by atoms with Gasteiger partial charge in [-0.25, -0.2) is 4.79 Å². The first-order valence-electron chi connectivity index (χ1n) is 3.98. The molecule has 0 heterocycles. The van der Waals surface area contributed by atoms with Crippen LogP contribution in [0.5, 0.6) is 0 Å². The quantitative estimate of drug-likeness (QED) is 0.529. The van der Waals surface area contributed by atoms with E-state index in [-0.39, 0.29) is 17.9 Å². The molecule has 0 amide bonds. The van der Waals surface area contributed by atoms with Crippen LogP contribution in [-0.2, 0) is 14.3 Å². The maximum Gasteiger partial charge on any atom is 0.331 e. The summed E-state index contributed by atoms with van der Waals surface area (Å²) in [6.07, 6.45) is 1.36. The molecule has 0 aromatic rings. The molecule has 1 N–H and O–H groups in total. The molecule has 0 aliphatic rings. The monoisotopic (exact) mass is 186 g/mol. The Morgan fingerprint density at radius 1 is 1.46 bits per heavy atom. The summed E-state index contributed by atoms with van der Waals surface area (Å²) >= 11 is 0. The van der Waals surface area contributed by atoms with Crippen molar-refractivity contribution < 1.29 is 19.4 Å². The Bertz CT molecular complexity index is 228. The van der Waals surface area contributed by atoms with Gasteiger partial charge in [0.05, 0.1) is 13.5 Å². The van der Waals surface area contributed by atoms with E-state index in [0.717, 1.165) is 0 Å². The van der Waals surface area contributed by atoms with E-state index in [1.54, 1.807) is 6.08 Å². The summed E-state index contributed by atoms with van der Waals surface area (Å²) < 4.78 is 4.37. The van der Waals surface area contributed by atoms with Gasteiger partial charge < -0.3 is 9.84 Å². The lowest BCUT2D eigenvalue weighted by atomic mass is 10.1. The van der Waals surface area contributed by atoms with Crippen molar-refractivity contribution in [1.29, 1.82) is 0 Å². The van der Waals surface area contributed by atoms with Crippen LogP contribution in [0.3, 0.4) is 0 Å². The molecule has 74 valence electrons. The van der Waals surface area contributed by atoms with Crippen molar-refractivity contribution in [3.8, 4) is 0 Å². The number of methoxy groups -OCH3 is 1. The summed E-state index contributed by atoms with van der Waals surface area (Å²) in [6.45, 7) is 3.69. The van der Waals surface area contributed by atoms with Gasteiger partial charge in [-0.2, -0.15) is 0 Å². The average Bonchev–Trinajstić information content (AvgIpc) is 2.02. The number of esters is 1. The molecule has 0 radical (unpaired) electrons. The van der Waals surface area contributed by atoms with E-state index in [2.05, 4.69) is 4.74 Å². The predicted octanol–water partition coefficient (Wildman–Crippen LogP) is 1.22. The number of aliphatic carboxylic acids is 1. The Kier molecular flexibility index (Phi) is 4.80. The minimum absolute atomic E-state index is 0.0850. The third-order valence-corrected chi connectivity index (χ3v) is 1.37. The van der Waals surface area contributed by atoms with Gasteiger partial charge in [0.25, 0.3) is 0 Å².